The van der Waals surface area contributed by atoms with Crippen LogP contribution in [0, 0.1) is 6.92 Å². The number of hydrogen-bond donors (Lipinski definition) is 1. The molecule has 7 heteroatoms. The van der Waals surface area contributed by atoms with Crippen molar-refractivity contribution < 1.29 is 9.59 Å². The number of aromatic nitrogens is 2. The first-order valence-electron chi connectivity index (χ1n) is 9.97. The van der Waals surface area contributed by atoms with Gasteiger partial charge >= 0.3 is 0 Å². The van der Waals surface area contributed by atoms with Crippen molar-refractivity contribution in [2.45, 2.75) is 33.2 Å². The van der Waals surface area contributed by atoms with E-state index in [4.69, 9.17) is 0 Å². The quantitative estimate of drug-likeness (QED) is 0.654. The topological polar surface area (TPSA) is 84.3 Å². The van der Waals surface area contributed by atoms with Crippen molar-refractivity contribution in [1.29, 1.82) is 0 Å². The lowest BCUT2D eigenvalue weighted by molar-refractivity contribution is -0.133. The van der Waals surface area contributed by atoms with Crippen LogP contribution in [-0.2, 0) is 22.6 Å². The first-order valence-corrected chi connectivity index (χ1v) is 9.97. The zero-order chi connectivity index (χ0) is 21.7. The van der Waals surface area contributed by atoms with Gasteiger partial charge in [-0.2, -0.15) is 0 Å². The SMILES string of the molecule is CCc1ccccc1NC(=O)CN(C)C(=O)CCn1cnc2c(C)cccc2c1=O. The van der Waals surface area contributed by atoms with Gasteiger partial charge in [0.1, 0.15) is 0 Å². The van der Waals surface area contributed by atoms with Gasteiger partial charge in [0, 0.05) is 25.7 Å². The van der Waals surface area contributed by atoms with Crippen molar-refractivity contribution in [3.63, 3.8) is 0 Å². The van der Waals surface area contributed by atoms with Crippen LogP contribution >= 0.6 is 0 Å². The molecule has 0 unspecified atom stereocenters. The van der Waals surface area contributed by atoms with Gasteiger partial charge in [0.25, 0.3) is 5.56 Å². The third-order valence-electron chi connectivity index (χ3n) is 5.10. The van der Waals surface area contributed by atoms with Crippen molar-refractivity contribution >= 4 is 28.4 Å². The summed E-state index contributed by atoms with van der Waals surface area (Å²) in [5.41, 5.74) is 3.23. The number of nitrogens with one attached hydrogen (secondary N) is 1. The molecule has 2 aromatic carbocycles. The first kappa shape index (κ1) is 21.2. The van der Waals surface area contributed by atoms with Gasteiger partial charge in [-0.25, -0.2) is 4.98 Å². The van der Waals surface area contributed by atoms with Crippen LogP contribution in [0.25, 0.3) is 10.9 Å². The fourth-order valence-corrected chi connectivity index (χ4v) is 3.35. The maximum absolute atomic E-state index is 12.6. The molecule has 0 bridgehead atoms. The number of rotatable bonds is 7. The summed E-state index contributed by atoms with van der Waals surface area (Å²) in [4.78, 5) is 43.2. The summed E-state index contributed by atoms with van der Waals surface area (Å²) in [5, 5.41) is 3.39. The molecule has 1 heterocycles. The molecule has 156 valence electrons. The normalized spacial score (nSPS) is 10.8. The van der Waals surface area contributed by atoms with E-state index in [1.165, 1.54) is 15.8 Å². The van der Waals surface area contributed by atoms with Gasteiger partial charge in [0.05, 0.1) is 23.8 Å². The van der Waals surface area contributed by atoms with Crippen LogP contribution in [0.1, 0.15) is 24.5 Å². The minimum absolute atomic E-state index is 0.0546. The predicted octanol–water partition coefficient (Wildman–Crippen LogP) is 2.75. The molecule has 0 saturated carbocycles. The van der Waals surface area contributed by atoms with Crippen LogP contribution in [0.3, 0.4) is 0 Å². The van der Waals surface area contributed by atoms with E-state index in [9.17, 15) is 14.4 Å². The second-order valence-corrected chi connectivity index (χ2v) is 7.27. The third kappa shape index (κ3) is 4.74. The number of anilines is 1. The summed E-state index contributed by atoms with van der Waals surface area (Å²) in [5.74, 6) is -0.475. The number of para-hydroxylation sites is 2. The molecule has 30 heavy (non-hydrogen) atoms. The van der Waals surface area contributed by atoms with E-state index in [2.05, 4.69) is 10.3 Å². The largest absolute Gasteiger partial charge is 0.336 e. The highest BCUT2D eigenvalue weighted by Crippen LogP contribution is 2.15. The van der Waals surface area contributed by atoms with Crippen LogP contribution in [0.2, 0.25) is 0 Å². The van der Waals surface area contributed by atoms with Crippen molar-refractivity contribution in [3.05, 3.63) is 70.3 Å². The molecule has 3 rings (SSSR count). The molecule has 0 spiro atoms. The Morgan fingerprint density at radius 1 is 1.13 bits per heavy atom. The number of carbonyl (C=O) groups excluding carboxylic acids is 2. The van der Waals surface area contributed by atoms with Gasteiger partial charge < -0.3 is 10.2 Å². The monoisotopic (exact) mass is 406 g/mol. The number of aryl methyl sites for hydroxylation is 3. The molecule has 0 atom stereocenters. The van der Waals surface area contributed by atoms with Gasteiger partial charge in [0.2, 0.25) is 11.8 Å². The number of hydrogen-bond acceptors (Lipinski definition) is 4. The Hall–Kier alpha value is -3.48. The maximum Gasteiger partial charge on any atom is 0.261 e. The molecule has 0 aliphatic carbocycles. The van der Waals surface area contributed by atoms with Crippen molar-refractivity contribution in [2.75, 3.05) is 18.9 Å². The van der Waals surface area contributed by atoms with Gasteiger partial charge in [-0.1, -0.05) is 37.3 Å². The fraction of sp³-hybridized carbons (Fsp3) is 0.304. The molecule has 2 amide bonds. The Kier molecular flexibility index (Phi) is 6.61. The highest BCUT2D eigenvalue weighted by Gasteiger charge is 2.15. The number of fused-ring (bicyclic) bond motifs is 1. The Labute approximate surface area is 175 Å². The molecule has 1 N–H and O–H groups in total. The zero-order valence-electron chi connectivity index (χ0n) is 17.5. The summed E-state index contributed by atoms with van der Waals surface area (Å²) < 4.78 is 1.44. The molecule has 7 nitrogen and oxygen atoms in total. The van der Waals surface area contributed by atoms with Crippen molar-refractivity contribution in [1.82, 2.24) is 14.5 Å². The Bertz CT molecular complexity index is 1140. The van der Waals surface area contributed by atoms with Gasteiger partial charge in [-0.3, -0.25) is 19.0 Å². The van der Waals surface area contributed by atoms with E-state index < -0.39 is 0 Å². The molecule has 0 saturated heterocycles. The van der Waals surface area contributed by atoms with E-state index in [0.717, 1.165) is 23.2 Å². The first-order chi connectivity index (χ1) is 14.4. The van der Waals surface area contributed by atoms with Gasteiger partial charge in [-0.15, -0.1) is 0 Å². The predicted molar refractivity (Wildman–Crippen MR) is 117 cm³/mol. The Balaban J connectivity index is 1.59. The standard InChI is InChI=1S/C23H26N4O3/c1-4-17-9-5-6-11-19(17)25-20(28)14-26(3)21(29)12-13-27-15-24-22-16(2)8-7-10-18(22)23(27)30/h5-11,15H,4,12-14H2,1-3H3,(H,25,28). The van der Waals surface area contributed by atoms with Crippen molar-refractivity contribution in [3.8, 4) is 0 Å². The molecule has 0 aliphatic rings. The molecule has 0 fully saturated rings. The summed E-state index contributed by atoms with van der Waals surface area (Å²) in [6.45, 7) is 4.08. The summed E-state index contributed by atoms with van der Waals surface area (Å²) in [6.07, 6.45) is 2.38. The van der Waals surface area contributed by atoms with Gasteiger partial charge in [-0.05, 0) is 36.6 Å². The Morgan fingerprint density at radius 3 is 2.67 bits per heavy atom. The number of carbonyl (C=O) groups is 2. The van der Waals surface area contributed by atoms with E-state index >= 15 is 0 Å². The molecule has 1 aromatic heterocycles. The third-order valence-corrected chi connectivity index (χ3v) is 5.10. The van der Waals surface area contributed by atoms with Crippen LogP contribution in [0.5, 0.6) is 0 Å². The number of likely N-dealkylation sites (N-methyl/N-ethyl adjacent to an activating group) is 1. The number of benzene rings is 2. The summed E-state index contributed by atoms with van der Waals surface area (Å²) >= 11 is 0. The number of nitrogens with zero attached hydrogens (tertiary/aromatic N) is 3. The highest BCUT2D eigenvalue weighted by molar-refractivity contribution is 5.95. The molecule has 0 aliphatic heterocycles. The smallest absolute Gasteiger partial charge is 0.261 e. The molecular weight excluding hydrogens is 380 g/mol. The second kappa shape index (κ2) is 9.35. The van der Waals surface area contributed by atoms with Crippen molar-refractivity contribution in [2.24, 2.45) is 0 Å². The maximum atomic E-state index is 12.6. The minimum Gasteiger partial charge on any atom is -0.336 e. The van der Waals surface area contributed by atoms with Crippen LogP contribution in [0.15, 0.2) is 53.6 Å². The average molecular weight is 406 g/mol. The van der Waals surface area contributed by atoms with E-state index in [1.807, 2.05) is 50.2 Å². The zero-order valence-corrected chi connectivity index (χ0v) is 17.5. The summed E-state index contributed by atoms with van der Waals surface area (Å²) in [6, 6.07) is 13.1. The Morgan fingerprint density at radius 2 is 1.90 bits per heavy atom. The van der Waals surface area contributed by atoms with E-state index in [1.54, 1.807) is 13.1 Å². The van der Waals surface area contributed by atoms with E-state index in [0.29, 0.717) is 10.9 Å². The van der Waals surface area contributed by atoms with Gasteiger partial charge in [0.15, 0.2) is 0 Å². The lowest BCUT2D eigenvalue weighted by Gasteiger charge is -2.18. The molecule has 3 aromatic rings. The fourth-order valence-electron chi connectivity index (χ4n) is 3.35. The van der Waals surface area contributed by atoms with Crippen LogP contribution in [0.4, 0.5) is 5.69 Å². The van der Waals surface area contributed by atoms with E-state index in [-0.39, 0.29) is 36.9 Å². The summed E-state index contributed by atoms with van der Waals surface area (Å²) in [7, 11) is 1.58. The van der Waals surface area contributed by atoms with Crippen LogP contribution < -0.4 is 10.9 Å². The average Bonchev–Trinajstić information content (AvgIpc) is 2.74. The van der Waals surface area contributed by atoms with Crippen LogP contribution in [-0.4, -0.2) is 39.9 Å². The second-order valence-electron chi connectivity index (χ2n) is 7.27. The number of amides is 2. The lowest BCUT2D eigenvalue weighted by atomic mass is 10.1. The molecular formula is C23H26N4O3. The molecule has 0 radical (unpaired) electrons. The lowest BCUT2D eigenvalue weighted by Crippen LogP contribution is -2.36. The highest BCUT2D eigenvalue weighted by atomic mass is 16.2. The minimum atomic E-state index is -0.258.